The fourth-order valence-electron chi connectivity index (χ4n) is 1.79. The average molecular weight is 423 g/mol. The van der Waals surface area contributed by atoms with Crippen LogP contribution in [0.5, 0.6) is 0 Å². The van der Waals surface area contributed by atoms with E-state index in [2.05, 4.69) is 27.9 Å². The third kappa shape index (κ3) is 4.33. The Morgan fingerprint density at radius 1 is 1.27 bits per heavy atom. The highest BCUT2D eigenvalue weighted by atomic mass is 127. The summed E-state index contributed by atoms with van der Waals surface area (Å²) in [7, 11) is 0. The highest BCUT2D eigenvalue weighted by molar-refractivity contribution is 14.1. The lowest BCUT2D eigenvalue weighted by Crippen LogP contribution is -2.14. The predicted molar refractivity (Wildman–Crippen MR) is 97.6 cm³/mol. The Kier molecular flexibility index (Phi) is 5.58. The number of hydrogen-bond donors (Lipinski definition) is 1. The summed E-state index contributed by atoms with van der Waals surface area (Å²) in [5.41, 5.74) is 2.32. The van der Waals surface area contributed by atoms with Gasteiger partial charge in [0, 0.05) is 14.3 Å². The van der Waals surface area contributed by atoms with Gasteiger partial charge in [-0.1, -0.05) is 29.8 Å². The lowest BCUT2D eigenvalue weighted by Gasteiger charge is -2.08. The molecule has 0 saturated carbocycles. The van der Waals surface area contributed by atoms with Gasteiger partial charge in [-0.05, 0) is 71.0 Å². The monoisotopic (exact) mass is 422 g/mol. The highest BCUT2D eigenvalue weighted by Gasteiger charge is 2.11. The molecule has 2 rings (SSSR count). The van der Waals surface area contributed by atoms with Gasteiger partial charge in [-0.3, -0.25) is 4.79 Å². The quantitative estimate of drug-likeness (QED) is 0.439. The Bertz CT molecular complexity index is 776. The summed E-state index contributed by atoms with van der Waals surface area (Å²) in [4.78, 5) is 12.2. The van der Waals surface area contributed by atoms with Crippen LogP contribution in [-0.4, -0.2) is 5.91 Å². The number of anilines is 1. The van der Waals surface area contributed by atoms with E-state index >= 15 is 0 Å². The second kappa shape index (κ2) is 7.43. The van der Waals surface area contributed by atoms with E-state index in [1.807, 2.05) is 43.3 Å². The standard InChI is InChI=1S/C17H12ClIN2O/c1-11-2-5-14(18)9-16(11)21-17(22)13(10-20)8-12-3-6-15(19)7-4-12/h2-9H,1H3,(H,21,22)/b13-8+. The summed E-state index contributed by atoms with van der Waals surface area (Å²) in [6.45, 7) is 1.86. The van der Waals surface area contributed by atoms with Gasteiger partial charge in [-0.2, -0.15) is 5.26 Å². The van der Waals surface area contributed by atoms with Gasteiger partial charge in [-0.25, -0.2) is 0 Å². The number of aryl methyl sites for hydroxylation is 1. The van der Waals surface area contributed by atoms with Crippen LogP contribution in [-0.2, 0) is 4.79 Å². The molecule has 1 amide bonds. The van der Waals surface area contributed by atoms with Crippen LogP contribution in [0.25, 0.3) is 6.08 Å². The van der Waals surface area contributed by atoms with Crippen molar-refractivity contribution in [1.82, 2.24) is 0 Å². The van der Waals surface area contributed by atoms with Gasteiger partial charge in [-0.15, -0.1) is 0 Å². The lowest BCUT2D eigenvalue weighted by molar-refractivity contribution is -0.112. The van der Waals surface area contributed by atoms with Crippen molar-refractivity contribution in [3.05, 3.63) is 67.8 Å². The summed E-state index contributed by atoms with van der Waals surface area (Å²) < 4.78 is 1.09. The van der Waals surface area contributed by atoms with E-state index in [1.165, 1.54) is 0 Å². The SMILES string of the molecule is Cc1ccc(Cl)cc1NC(=O)/C(C#N)=C/c1ccc(I)cc1. The van der Waals surface area contributed by atoms with E-state index in [0.29, 0.717) is 10.7 Å². The summed E-state index contributed by atoms with van der Waals surface area (Å²) in [6, 6.07) is 14.7. The number of rotatable bonds is 3. The Balaban J connectivity index is 2.24. The molecule has 22 heavy (non-hydrogen) atoms. The van der Waals surface area contributed by atoms with Crippen LogP contribution in [0.1, 0.15) is 11.1 Å². The number of carbonyl (C=O) groups excluding carboxylic acids is 1. The molecular formula is C17H12ClIN2O. The van der Waals surface area contributed by atoms with Gasteiger partial charge in [0.1, 0.15) is 11.6 Å². The molecular weight excluding hydrogens is 411 g/mol. The minimum absolute atomic E-state index is 0.0422. The Labute approximate surface area is 147 Å². The van der Waals surface area contributed by atoms with Crippen LogP contribution >= 0.6 is 34.2 Å². The molecule has 3 nitrogen and oxygen atoms in total. The van der Waals surface area contributed by atoms with Crippen LogP contribution in [0, 0.1) is 21.8 Å². The first kappa shape index (κ1) is 16.5. The van der Waals surface area contributed by atoms with Crippen molar-refractivity contribution >= 4 is 51.9 Å². The first-order valence-electron chi connectivity index (χ1n) is 6.44. The molecule has 0 aliphatic heterocycles. The van der Waals surface area contributed by atoms with E-state index in [4.69, 9.17) is 11.6 Å². The van der Waals surface area contributed by atoms with E-state index in [1.54, 1.807) is 18.2 Å². The maximum Gasteiger partial charge on any atom is 0.266 e. The minimum atomic E-state index is -0.452. The normalized spacial score (nSPS) is 10.9. The molecule has 0 bridgehead atoms. The fraction of sp³-hybridized carbons (Fsp3) is 0.0588. The number of nitriles is 1. The first-order valence-corrected chi connectivity index (χ1v) is 7.90. The van der Waals surface area contributed by atoms with Gasteiger partial charge >= 0.3 is 0 Å². The van der Waals surface area contributed by atoms with Crippen molar-refractivity contribution in [2.45, 2.75) is 6.92 Å². The molecule has 0 unspecified atom stereocenters. The van der Waals surface area contributed by atoms with Crippen LogP contribution < -0.4 is 5.32 Å². The maximum absolute atomic E-state index is 12.2. The molecule has 2 aromatic rings. The number of hydrogen-bond acceptors (Lipinski definition) is 2. The van der Waals surface area contributed by atoms with Crippen LogP contribution in [0.3, 0.4) is 0 Å². The zero-order valence-electron chi connectivity index (χ0n) is 11.7. The maximum atomic E-state index is 12.2. The summed E-state index contributed by atoms with van der Waals surface area (Å²) in [5.74, 6) is -0.452. The van der Waals surface area contributed by atoms with Crippen molar-refractivity contribution < 1.29 is 4.79 Å². The number of nitrogens with one attached hydrogen (secondary N) is 1. The minimum Gasteiger partial charge on any atom is -0.321 e. The van der Waals surface area contributed by atoms with Crippen molar-refractivity contribution in [2.75, 3.05) is 5.32 Å². The largest absolute Gasteiger partial charge is 0.321 e. The molecule has 2 aromatic carbocycles. The molecule has 0 aliphatic rings. The molecule has 0 saturated heterocycles. The van der Waals surface area contributed by atoms with E-state index in [9.17, 15) is 10.1 Å². The van der Waals surface area contributed by atoms with E-state index in [0.717, 1.165) is 14.7 Å². The Morgan fingerprint density at radius 2 is 1.95 bits per heavy atom. The molecule has 0 atom stereocenters. The second-order valence-corrected chi connectivity index (χ2v) is 6.32. The molecule has 0 aromatic heterocycles. The van der Waals surface area contributed by atoms with Gasteiger partial charge in [0.25, 0.3) is 5.91 Å². The van der Waals surface area contributed by atoms with Crippen LogP contribution in [0.4, 0.5) is 5.69 Å². The van der Waals surface area contributed by atoms with Crippen molar-refractivity contribution in [3.8, 4) is 6.07 Å². The number of amides is 1. The highest BCUT2D eigenvalue weighted by Crippen LogP contribution is 2.21. The Morgan fingerprint density at radius 3 is 2.59 bits per heavy atom. The number of halogens is 2. The third-order valence-electron chi connectivity index (χ3n) is 2.99. The molecule has 0 spiro atoms. The van der Waals surface area contributed by atoms with Crippen molar-refractivity contribution in [3.63, 3.8) is 0 Å². The van der Waals surface area contributed by atoms with E-state index in [-0.39, 0.29) is 5.57 Å². The van der Waals surface area contributed by atoms with Gasteiger partial charge in [0.05, 0.1) is 0 Å². The zero-order valence-corrected chi connectivity index (χ0v) is 14.6. The van der Waals surface area contributed by atoms with Gasteiger partial charge in [0.2, 0.25) is 0 Å². The summed E-state index contributed by atoms with van der Waals surface area (Å²) >= 11 is 8.12. The molecule has 0 fully saturated rings. The zero-order chi connectivity index (χ0) is 16.1. The van der Waals surface area contributed by atoms with Gasteiger partial charge < -0.3 is 5.32 Å². The Hall–Kier alpha value is -1.84. The number of benzene rings is 2. The third-order valence-corrected chi connectivity index (χ3v) is 3.95. The van der Waals surface area contributed by atoms with Crippen LogP contribution in [0.15, 0.2) is 48.0 Å². The molecule has 5 heteroatoms. The topological polar surface area (TPSA) is 52.9 Å². The first-order chi connectivity index (χ1) is 10.5. The number of carbonyl (C=O) groups is 1. The molecule has 0 radical (unpaired) electrons. The second-order valence-electron chi connectivity index (χ2n) is 4.63. The molecule has 110 valence electrons. The predicted octanol–water partition coefficient (Wildman–Crippen LogP) is 4.80. The molecule has 0 heterocycles. The van der Waals surface area contributed by atoms with Crippen molar-refractivity contribution in [2.24, 2.45) is 0 Å². The molecule has 0 aliphatic carbocycles. The smallest absolute Gasteiger partial charge is 0.266 e. The fourth-order valence-corrected chi connectivity index (χ4v) is 2.32. The van der Waals surface area contributed by atoms with Crippen LogP contribution in [0.2, 0.25) is 5.02 Å². The summed E-state index contributed by atoms with van der Waals surface area (Å²) in [5, 5.41) is 12.5. The van der Waals surface area contributed by atoms with E-state index < -0.39 is 5.91 Å². The van der Waals surface area contributed by atoms with Crippen molar-refractivity contribution in [1.29, 1.82) is 5.26 Å². The lowest BCUT2D eigenvalue weighted by atomic mass is 10.1. The van der Waals surface area contributed by atoms with Gasteiger partial charge in [0.15, 0.2) is 0 Å². The number of nitrogens with zero attached hydrogens (tertiary/aromatic N) is 1. The molecule has 1 N–H and O–H groups in total. The average Bonchev–Trinajstić information content (AvgIpc) is 2.50. The summed E-state index contributed by atoms with van der Waals surface area (Å²) in [6.07, 6.45) is 1.56.